The van der Waals surface area contributed by atoms with Crippen LogP contribution < -0.4 is 0 Å². The maximum absolute atomic E-state index is 11.7. The van der Waals surface area contributed by atoms with Gasteiger partial charge in [-0.15, -0.1) is 6.58 Å². The quantitative estimate of drug-likeness (QED) is 0.518. The van der Waals surface area contributed by atoms with Crippen LogP contribution in [0.4, 0.5) is 0 Å². The third-order valence-electron chi connectivity index (χ3n) is 3.73. The summed E-state index contributed by atoms with van der Waals surface area (Å²) in [5.41, 5.74) is -0.543. The van der Waals surface area contributed by atoms with Gasteiger partial charge in [-0.3, -0.25) is 4.79 Å². The van der Waals surface area contributed by atoms with E-state index in [1.165, 1.54) is 0 Å². The molecule has 0 rings (SSSR count). The lowest BCUT2D eigenvalue weighted by molar-refractivity contribution is -0.121. The van der Waals surface area contributed by atoms with Gasteiger partial charge in [0.15, 0.2) is 8.32 Å². The average Bonchev–Trinajstić information content (AvgIpc) is 2.14. The summed E-state index contributed by atoms with van der Waals surface area (Å²) >= 11 is 0. The van der Waals surface area contributed by atoms with E-state index in [1.54, 1.807) is 6.08 Å². The summed E-state index contributed by atoms with van der Waals surface area (Å²) in [7, 11) is -1.95. The predicted octanol–water partition coefficient (Wildman–Crippen LogP) is 4.22. The van der Waals surface area contributed by atoms with Gasteiger partial charge in [-0.05, 0) is 31.5 Å². The summed E-state index contributed by atoms with van der Waals surface area (Å²) < 4.78 is 6.38. The van der Waals surface area contributed by atoms with Crippen molar-refractivity contribution in [1.82, 2.24) is 0 Å². The minimum absolute atomic E-state index is 0.0480. The maximum atomic E-state index is 11.7. The van der Waals surface area contributed by atoms with E-state index in [-0.39, 0.29) is 23.7 Å². The number of nitrogens with zero attached hydrogens (tertiary/aromatic N) is 1. The number of carbonyl (C=O) groups excluding carboxylic acids is 1. The fourth-order valence-electron chi connectivity index (χ4n) is 1.79. The largest absolute Gasteiger partial charge is 0.411 e. The van der Waals surface area contributed by atoms with Crippen molar-refractivity contribution in [1.29, 1.82) is 5.26 Å². The van der Waals surface area contributed by atoms with E-state index < -0.39 is 13.9 Å². The number of rotatable bonds is 7. The highest BCUT2D eigenvalue weighted by molar-refractivity contribution is 6.74. The van der Waals surface area contributed by atoms with Crippen LogP contribution in [0, 0.1) is 11.3 Å². The molecule has 0 aromatic carbocycles. The van der Waals surface area contributed by atoms with Gasteiger partial charge in [-0.2, -0.15) is 5.26 Å². The zero-order chi connectivity index (χ0) is 15.3. The van der Waals surface area contributed by atoms with Crippen LogP contribution in [0.3, 0.4) is 0 Å². The molecule has 0 aliphatic carbocycles. The van der Waals surface area contributed by atoms with Crippen LogP contribution in [-0.2, 0) is 9.22 Å². The highest BCUT2D eigenvalue weighted by Gasteiger charge is 2.43. The van der Waals surface area contributed by atoms with Crippen LogP contribution in [0.5, 0.6) is 0 Å². The van der Waals surface area contributed by atoms with Gasteiger partial charge in [0.25, 0.3) is 0 Å². The first-order chi connectivity index (χ1) is 8.47. The molecule has 0 N–H and O–H groups in total. The van der Waals surface area contributed by atoms with Crippen molar-refractivity contribution >= 4 is 14.1 Å². The Bertz CT molecular complexity index is 377. The molecule has 0 bridgehead atoms. The molecule has 1 atom stereocenters. The number of hydrogen-bond acceptors (Lipinski definition) is 3. The summed E-state index contributed by atoms with van der Waals surface area (Å²) in [5, 5.41) is 8.69. The highest BCUT2D eigenvalue weighted by atomic mass is 28.4. The number of ketones is 1. The number of hydrogen-bond donors (Lipinski definition) is 0. The molecule has 0 saturated carbocycles. The van der Waals surface area contributed by atoms with Crippen molar-refractivity contribution in [2.45, 2.75) is 70.7 Å². The fourth-order valence-corrected chi connectivity index (χ4v) is 3.49. The molecule has 108 valence electrons. The van der Waals surface area contributed by atoms with Crippen LogP contribution in [0.2, 0.25) is 18.1 Å². The molecule has 4 heteroatoms. The molecule has 0 aliphatic rings. The van der Waals surface area contributed by atoms with Crippen LogP contribution in [0.15, 0.2) is 12.7 Å². The molecular formula is C15H27NO2Si. The first kappa shape index (κ1) is 18.1. The number of nitriles is 1. The topological polar surface area (TPSA) is 50.1 Å². The summed E-state index contributed by atoms with van der Waals surface area (Å²) in [5.74, 6) is -0.0643. The highest BCUT2D eigenvalue weighted by Crippen LogP contribution is 2.40. The van der Waals surface area contributed by atoms with E-state index in [4.69, 9.17) is 9.69 Å². The molecule has 0 radical (unpaired) electrons. The third-order valence-corrected chi connectivity index (χ3v) is 8.35. The second-order valence-corrected chi connectivity index (χ2v) is 11.6. The summed E-state index contributed by atoms with van der Waals surface area (Å²) in [6.07, 6.45) is 2.64. The Hall–Kier alpha value is -0.923. The SMILES string of the molecule is C=CCC(C)(CC(=O)CC#N)O[Si](C)(C)C(C)(C)C. The van der Waals surface area contributed by atoms with E-state index in [9.17, 15) is 4.79 Å². The molecule has 0 fully saturated rings. The van der Waals surface area contributed by atoms with Gasteiger partial charge in [-0.25, -0.2) is 0 Å². The van der Waals surface area contributed by atoms with Crippen molar-refractivity contribution < 1.29 is 9.22 Å². The monoisotopic (exact) mass is 281 g/mol. The first-order valence-corrected chi connectivity index (χ1v) is 9.58. The zero-order valence-electron chi connectivity index (χ0n) is 13.2. The Morgan fingerprint density at radius 2 is 1.89 bits per heavy atom. The smallest absolute Gasteiger partial charge is 0.192 e. The van der Waals surface area contributed by atoms with Gasteiger partial charge < -0.3 is 4.43 Å². The van der Waals surface area contributed by atoms with Crippen molar-refractivity contribution in [2.75, 3.05) is 0 Å². The van der Waals surface area contributed by atoms with Crippen molar-refractivity contribution in [2.24, 2.45) is 0 Å². The predicted molar refractivity (Wildman–Crippen MR) is 81.4 cm³/mol. The van der Waals surface area contributed by atoms with Crippen molar-refractivity contribution in [3.63, 3.8) is 0 Å². The summed E-state index contributed by atoms with van der Waals surface area (Å²) in [6.45, 7) is 16.6. The molecule has 0 heterocycles. The van der Waals surface area contributed by atoms with Crippen molar-refractivity contribution in [3.05, 3.63) is 12.7 Å². The summed E-state index contributed by atoms with van der Waals surface area (Å²) in [6, 6.07) is 1.91. The Labute approximate surface area is 118 Å². The van der Waals surface area contributed by atoms with Gasteiger partial charge in [0.1, 0.15) is 5.78 Å². The van der Waals surface area contributed by atoms with Gasteiger partial charge in [0.05, 0.1) is 18.1 Å². The van der Waals surface area contributed by atoms with E-state index >= 15 is 0 Å². The lowest BCUT2D eigenvalue weighted by Crippen LogP contribution is -2.49. The van der Waals surface area contributed by atoms with Gasteiger partial charge in [0.2, 0.25) is 0 Å². The molecular weight excluding hydrogens is 254 g/mol. The van der Waals surface area contributed by atoms with Crippen LogP contribution in [-0.4, -0.2) is 19.7 Å². The van der Waals surface area contributed by atoms with Crippen LogP contribution in [0.25, 0.3) is 0 Å². The third kappa shape index (κ3) is 5.71. The molecule has 0 aromatic rings. The van der Waals surface area contributed by atoms with Crippen LogP contribution in [0.1, 0.15) is 47.0 Å². The Balaban J connectivity index is 5.05. The number of Topliss-reactive ketones (excluding diaryl/α,β-unsaturated/α-hetero) is 1. The number of carbonyl (C=O) groups is 1. The van der Waals surface area contributed by atoms with Crippen LogP contribution >= 0.6 is 0 Å². The minimum atomic E-state index is -1.95. The molecule has 19 heavy (non-hydrogen) atoms. The fraction of sp³-hybridized carbons (Fsp3) is 0.733. The normalized spacial score (nSPS) is 15.4. The Morgan fingerprint density at radius 3 is 2.26 bits per heavy atom. The summed E-state index contributed by atoms with van der Waals surface area (Å²) in [4.78, 5) is 11.7. The molecule has 0 aliphatic heterocycles. The molecule has 0 spiro atoms. The van der Waals surface area contributed by atoms with E-state index in [1.807, 2.05) is 13.0 Å². The zero-order valence-corrected chi connectivity index (χ0v) is 14.2. The molecule has 1 unspecified atom stereocenters. The standard InChI is InChI=1S/C15H27NO2Si/c1-8-10-15(5,12-13(17)9-11-16)18-19(6,7)14(2,3)4/h8H,1,9-10,12H2,2-7H3. The molecule has 3 nitrogen and oxygen atoms in total. The Kier molecular flexibility index (Phi) is 6.18. The lowest BCUT2D eigenvalue weighted by Gasteiger charge is -2.43. The second-order valence-electron chi connectivity index (χ2n) is 6.86. The van der Waals surface area contributed by atoms with E-state index in [0.29, 0.717) is 6.42 Å². The van der Waals surface area contributed by atoms with E-state index in [0.717, 1.165) is 0 Å². The molecule has 0 aromatic heterocycles. The first-order valence-electron chi connectivity index (χ1n) is 6.67. The maximum Gasteiger partial charge on any atom is 0.192 e. The Morgan fingerprint density at radius 1 is 1.37 bits per heavy atom. The minimum Gasteiger partial charge on any atom is -0.411 e. The average molecular weight is 281 g/mol. The lowest BCUT2D eigenvalue weighted by atomic mass is 9.95. The van der Waals surface area contributed by atoms with Gasteiger partial charge in [-0.1, -0.05) is 26.8 Å². The van der Waals surface area contributed by atoms with Gasteiger partial charge in [0, 0.05) is 6.42 Å². The molecule has 0 amide bonds. The second kappa shape index (κ2) is 6.49. The van der Waals surface area contributed by atoms with Crippen molar-refractivity contribution in [3.8, 4) is 6.07 Å². The molecule has 0 saturated heterocycles. The van der Waals surface area contributed by atoms with E-state index in [2.05, 4.69) is 40.4 Å². The van der Waals surface area contributed by atoms with Gasteiger partial charge >= 0.3 is 0 Å².